The minimum atomic E-state index is -3.95. The van der Waals surface area contributed by atoms with Crippen LogP contribution in [0.15, 0.2) is 59.5 Å². The summed E-state index contributed by atoms with van der Waals surface area (Å²) in [6.45, 7) is 0.702. The van der Waals surface area contributed by atoms with Crippen LogP contribution in [0, 0.1) is 0 Å². The second-order valence-corrected chi connectivity index (χ2v) is 7.65. The predicted molar refractivity (Wildman–Crippen MR) is 97.2 cm³/mol. The summed E-state index contributed by atoms with van der Waals surface area (Å²) in [5.41, 5.74) is 0.960. The topological polar surface area (TPSA) is 104 Å². The Hall–Kier alpha value is -2.71. The van der Waals surface area contributed by atoms with E-state index in [0.29, 0.717) is 24.2 Å². The maximum absolute atomic E-state index is 12.3. The fraction of sp³-hybridized carbons (Fsp3) is 0.222. The third-order valence-electron chi connectivity index (χ3n) is 4.07. The fourth-order valence-electron chi connectivity index (χ4n) is 2.68. The van der Waals surface area contributed by atoms with Gasteiger partial charge in [0.25, 0.3) is 21.8 Å². The number of carbonyl (C=O) groups is 2. The zero-order valence-corrected chi connectivity index (χ0v) is 14.8. The van der Waals surface area contributed by atoms with Gasteiger partial charge in [0.05, 0.1) is 10.9 Å². The van der Waals surface area contributed by atoms with Crippen LogP contribution in [0.1, 0.15) is 23.2 Å². The summed E-state index contributed by atoms with van der Waals surface area (Å²) in [5.74, 6) is -0.842. The Bertz CT molecular complexity index is 890. The van der Waals surface area contributed by atoms with Gasteiger partial charge in [0.2, 0.25) is 0 Å². The number of amides is 2. The number of hydrogen-bond donors (Lipinski definition) is 3. The van der Waals surface area contributed by atoms with E-state index in [2.05, 4.69) is 15.4 Å². The van der Waals surface area contributed by atoms with Crippen LogP contribution in [0.3, 0.4) is 0 Å². The van der Waals surface area contributed by atoms with Gasteiger partial charge in [-0.15, -0.1) is 0 Å². The number of rotatable bonds is 5. The fourth-order valence-corrected chi connectivity index (χ4v) is 3.70. The highest BCUT2D eigenvalue weighted by Crippen LogP contribution is 2.16. The van der Waals surface area contributed by atoms with E-state index < -0.39 is 22.0 Å². The van der Waals surface area contributed by atoms with Crippen LogP contribution < -0.4 is 15.4 Å². The number of carbonyl (C=O) groups excluding carboxylic acids is 2. The summed E-state index contributed by atoms with van der Waals surface area (Å²) >= 11 is 0. The standard InChI is InChI=1S/C18H19N3O4S/c22-17(13-5-2-1-3-6-13)20-14-8-10-15(11-9-14)26(24,25)21-18(23)16-7-4-12-19-16/h1-3,5-6,8-11,16,19H,4,7,12H2,(H,20,22)(H,21,23)/t16-/m0/s1. The van der Waals surface area contributed by atoms with E-state index in [1.165, 1.54) is 24.3 Å². The molecule has 3 N–H and O–H groups in total. The Morgan fingerprint density at radius 2 is 1.69 bits per heavy atom. The minimum Gasteiger partial charge on any atom is -0.322 e. The van der Waals surface area contributed by atoms with E-state index in [1.807, 2.05) is 6.07 Å². The molecule has 1 saturated heterocycles. The molecular formula is C18H19N3O4S. The molecule has 0 unspecified atom stereocenters. The highest BCUT2D eigenvalue weighted by Gasteiger charge is 2.26. The molecule has 0 saturated carbocycles. The molecule has 1 heterocycles. The molecule has 0 aromatic heterocycles. The van der Waals surface area contributed by atoms with E-state index in [1.54, 1.807) is 24.3 Å². The number of nitrogens with one attached hydrogen (secondary N) is 3. The van der Waals surface area contributed by atoms with Gasteiger partial charge in [0.1, 0.15) is 0 Å². The lowest BCUT2D eigenvalue weighted by atomic mass is 10.2. The molecule has 1 aliphatic rings. The molecule has 0 aliphatic carbocycles. The van der Waals surface area contributed by atoms with Gasteiger partial charge in [-0.2, -0.15) is 0 Å². The van der Waals surface area contributed by atoms with Crippen LogP contribution >= 0.6 is 0 Å². The van der Waals surface area contributed by atoms with Crippen molar-refractivity contribution in [1.29, 1.82) is 0 Å². The smallest absolute Gasteiger partial charge is 0.264 e. The SMILES string of the molecule is O=C(Nc1ccc(S(=O)(=O)NC(=O)[C@@H]2CCCN2)cc1)c1ccccc1. The van der Waals surface area contributed by atoms with Crippen LogP contribution in [0.5, 0.6) is 0 Å². The second kappa shape index (κ2) is 7.67. The third-order valence-corrected chi connectivity index (χ3v) is 5.43. The first-order chi connectivity index (χ1) is 12.5. The molecule has 3 rings (SSSR count). The Balaban J connectivity index is 1.66. The zero-order chi connectivity index (χ0) is 18.6. The Morgan fingerprint density at radius 3 is 2.31 bits per heavy atom. The van der Waals surface area contributed by atoms with Crippen molar-refractivity contribution in [2.45, 2.75) is 23.8 Å². The van der Waals surface area contributed by atoms with Crippen molar-refractivity contribution in [2.24, 2.45) is 0 Å². The molecule has 136 valence electrons. The molecule has 2 amide bonds. The molecule has 0 radical (unpaired) electrons. The summed E-state index contributed by atoms with van der Waals surface area (Å²) in [4.78, 5) is 24.0. The van der Waals surface area contributed by atoms with Gasteiger partial charge < -0.3 is 10.6 Å². The number of hydrogen-bond acceptors (Lipinski definition) is 5. The number of anilines is 1. The maximum Gasteiger partial charge on any atom is 0.264 e. The maximum atomic E-state index is 12.3. The second-order valence-electron chi connectivity index (χ2n) is 5.96. The predicted octanol–water partition coefficient (Wildman–Crippen LogP) is 1.50. The lowest BCUT2D eigenvalue weighted by Gasteiger charge is -2.12. The lowest BCUT2D eigenvalue weighted by molar-refractivity contribution is -0.121. The van der Waals surface area contributed by atoms with Gasteiger partial charge in [-0.25, -0.2) is 13.1 Å². The van der Waals surface area contributed by atoms with Crippen LogP contribution in [0.4, 0.5) is 5.69 Å². The summed E-state index contributed by atoms with van der Waals surface area (Å²) in [6, 6.07) is 13.9. The zero-order valence-electron chi connectivity index (χ0n) is 13.9. The summed E-state index contributed by atoms with van der Waals surface area (Å²) in [7, 11) is -3.95. The summed E-state index contributed by atoms with van der Waals surface area (Å²) < 4.78 is 26.7. The normalized spacial score (nSPS) is 16.8. The van der Waals surface area contributed by atoms with Crippen molar-refractivity contribution in [1.82, 2.24) is 10.0 Å². The molecule has 0 spiro atoms. The van der Waals surface area contributed by atoms with Gasteiger partial charge in [-0.05, 0) is 55.8 Å². The van der Waals surface area contributed by atoms with Crippen LogP contribution in [-0.4, -0.2) is 32.8 Å². The van der Waals surface area contributed by atoms with Crippen molar-refractivity contribution < 1.29 is 18.0 Å². The van der Waals surface area contributed by atoms with Gasteiger partial charge >= 0.3 is 0 Å². The van der Waals surface area contributed by atoms with Crippen molar-refractivity contribution in [3.8, 4) is 0 Å². The molecule has 1 aliphatic heterocycles. The quantitative estimate of drug-likeness (QED) is 0.737. The van der Waals surface area contributed by atoms with Crippen molar-refractivity contribution in [3.63, 3.8) is 0 Å². The van der Waals surface area contributed by atoms with Crippen LogP contribution in [0.25, 0.3) is 0 Å². The van der Waals surface area contributed by atoms with Crippen molar-refractivity contribution in [2.75, 3.05) is 11.9 Å². The molecule has 26 heavy (non-hydrogen) atoms. The monoisotopic (exact) mass is 373 g/mol. The number of sulfonamides is 1. The van der Waals surface area contributed by atoms with Gasteiger partial charge in [0, 0.05) is 11.3 Å². The van der Waals surface area contributed by atoms with E-state index in [4.69, 9.17) is 0 Å². The minimum absolute atomic E-state index is 0.0402. The molecule has 0 bridgehead atoms. The first-order valence-corrected chi connectivity index (χ1v) is 9.70. The first kappa shape index (κ1) is 18.1. The number of benzene rings is 2. The Kier molecular flexibility index (Phi) is 5.34. The van der Waals surface area contributed by atoms with Crippen molar-refractivity contribution in [3.05, 3.63) is 60.2 Å². The van der Waals surface area contributed by atoms with Gasteiger partial charge in [0.15, 0.2) is 0 Å². The molecule has 1 atom stereocenters. The van der Waals surface area contributed by atoms with Crippen LogP contribution in [-0.2, 0) is 14.8 Å². The average Bonchev–Trinajstić information content (AvgIpc) is 3.17. The molecule has 7 nitrogen and oxygen atoms in total. The van der Waals surface area contributed by atoms with Gasteiger partial charge in [-0.1, -0.05) is 18.2 Å². The Labute approximate surface area is 151 Å². The third kappa shape index (κ3) is 4.27. The van der Waals surface area contributed by atoms with Gasteiger partial charge in [-0.3, -0.25) is 9.59 Å². The van der Waals surface area contributed by atoms with E-state index in [-0.39, 0.29) is 10.8 Å². The highest BCUT2D eigenvalue weighted by molar-refractivity contribution is 7.90. The van der Waals surface area contributed by atoms with E-state index >= 15 is 0 Å². The lowest BCUT2D eigenvalue weighted by Crippen LogP contribution is -2.43. The molecule has 1 fully saturated rings. The largest absolute Gasteiger partial charge is 0.322 e. The van der Waals surface area contributed by atoms with Crippen molar-refractivity contribution >= 4 is 27.5 Å². The average molecular weight is 373 g/mol. The summed E-state index contributed by atoms with van der Waals surface area (Å²) in [6.07, 6.45) is 1.46. The molecular weight excluding hydrogens is 354 g/mol. The molecule has 2 aromatic carbocycles. The van der Waals surface area contributed by atoms with Crippen LogP contribution in [0.2, 0.25) is 0 Å². The first-order valence-electron chi connectivity index (χ1n) is 8.22. The summed E-state index contributed by atoms with van der Waals surface area (Å²) in [5, 5.41) is 5.64. The Morgan fingerprint density at radius 1 is 1.00 bits per heavy atom. The van der Waals surface area contributed by atoms with E-state index in [9.17, 15) is 18.0 Å². The molecule has 2 aromatic rings. The highest BCUT2D eigenvalue weighted by atomic mass is 32.2. The molecule has 8 heteroatoms. The van der Waals surface area contributed by atoms with E-state index in [0.717, 1.165) is 6.42 Å².